The topological polar surface area (TPSA) is 67.3 Å². The van der Waals surface area contributed by atoms with E-state index in [9.17, 15) is 0 Å². The van der Waals surface area contributed by atoms with Crippen molar-refractivity contribution in [3.63, 3.8) is 0 Å². The van der Waals surface area contributed by atoms with Crippen molar-refractivity contribution < 1.29 is 5.11 Å². The Morgan fingerprint density at radius 1 is 1.56 bits per heavy atom. The Kier molecular flexibility index (Phi) is 4.74. The number of piperidine rings is 1. The van der Waals surface area contributed by atoms with Gasteiger partial charge in [0.15, 0.2) is 0 Å². The highest BCUT2D eigenvalue weighted by molar-refractivity contribution is 5.04. The highest BCUT2D eigenvalue weighted by Crippen LogP contribution is 2.24. The van der Waals surface area contributed by atoms with Crippen LogP contribution in [0.1, 0.15) is 25.3 Å². The molecule has 3 N–H and O–H groups in total. The minimum Gasteiger partial charge on any atom is -0.394 e. The molecule has 2 unspecified atom stereocenters. The van der Waals surface area contributed by atoms with E-state index in [1.54, 1.807) is 4.68 Å². The molecule has 1 saturated heterocycles. The maximum absolute atomic E-state index is 8.88. The van der Waals surface area contributed by atoms with Gasteiger partial charge in [0.1, 0.15) is 0 Å². The average molecular weight is 252 g/mol. The molecule has 1 aromatic rings. The molecule has 2 heterocycles. The molecule has 0 bridgehead atoms. The van der Waals surface area contributed by atoms with E-state index in [4.69, 9.17) is 10.8 Å². The number of aliphatic hydroxyl groups excluding tert-OH is 1. The standard InChI is InChI=1S/C13H24N4O/c1-11-3-2-4-16(13(11)7-14)9-12-8-15-17(10-12)5-6-18/h8,10-11,13,18H,2-7,9,14H2,1H3. The van der Waals surface area contributed by atoms with Crippen LogP contribution < -0.4 is 5.73 Å². The Morgan fingerprint density at radius 3 is 3.11 bits per heavy atom. The van der Waals surface area contributed by atoms with Gasteiger partial charge in [-0.25, -0.2) is 0 Å². The zero-order chi connectivity index (χ0) is 13.0. The number of hydrogen-bond acceptors (Lipinski definition) is 4. The second kappa shape index (κ2) is 6.31. The van der Waals surface area contributed by atoms with Crippen molar-refractivity contribution >= 4 is 0 Å². The van der Waals surface area contributed by atoms with Crippen LogP contribution in [0.2, 0.25) is 0 Å². The number of nitrogens with zero attached hydrogens (tertiary/aromatic N) is 3. The lowest BCUT2D eigenvalue weighted by atomic mass is 9.90. The molecule has 1 aromatic heterocycles. The molecule has 0 saturated carbocycles. The number of rotatable bonds is 5. The third kappa shape index (κ3) is 3.10. The molecule has 0 aromatic carbocycles. The van der Waals surface area contributed by atoms with Crippen molar-refractivity contribution in [3.05, 3.63) is 18.0 Å². The predicted molar refractivity (Wildman–Crippen MR) is 71.0 cm³/mol. The molecule has 1 aliphatic rings. The fraction of sp³-hybridized carbons (Fsp3) is 0.769. The van der Waals surface area contributed by atoms with Crippen LogP contribution in [0.3, 0.4) is 0 Å². The average Bonchev–Trinajstić information content (AvgIpc) is 2.77. The highest BCUT2D eigenvalue weighted by Gasteiger charge is 2.27. The smallest absolute Gasteiger partial charge is 0.0640 e. The Labute approximate surface area is 109 Å². The number of nitrogens with two attached hydrogens (primary N) is 1. The van der Waals surface area contributed by atoms with Crippen molar-refractivity contribution in [2.75, 3.05) is 19.7 Å². The fourth-order valence-electron chi connectivity index (χ4n) is 2.86. The van der Waals surface area contributed by atoms with Crippen molar-refractivity contribution in [1.29, 1.82) is 0 Å². The minimum absolute atomic E-state index is 0.132. The lowest BCUT2D eigenvalue weighted by molar-refractivity contribution is 0.0990. The van der Waals surface area contributed by atoms with Gasteiger partial charge in [-0.2, -0.15) is 5.10 Å². The van der Waals surface area contributed by atoms with E-state index in [1.807, 2.05) is 12.4 Å². The largest absolute Gasteiger partial charge is 0.394 e. The number of likely N-dealkylation sites (tertiary alicyclic amines) is 1. The Bertz CT molecular complexity index is 366. The van der Waals surface area contributed by atoms with Gasteiger partial charge in [0.05, 0.1) is 19.3 Å². The van der Waals surface area contributed by atoms with E-state index < -0.39 is 0 Å². The van der Waals surface area contributed by atoms with Crippen LogP contribution in [-0.2, 0) is 13.1 Å². The van der Waals surface area contributed by atoms with Gasteiger partial charge >= 0.3 is 0 Å². The molecule has 1 fully saturated rings. The lowest BCUT2D eigenvalue weighted by Crippen LogP contribution is -2.47. The van der Waals surface area contributed by atoms with Crippen LogP contribution in [0.5, 0.6) is 0 Å². The maximum Gasteiger partial charge on any atom is 0.0640 e. The predicted octanol–water partition coefficient (Wildman–Crippen LogP) is 0.435. The zero-order valence-corrected chi connectivity index (χ0v) is 11.1. The Hall–Kier alpha value is -0.910. The van der Waals surface area contributed by atoms with E-state index in [0.717, 1.165) is 19.6 Å². The lowest BCUT2D eigenvalue weighted by Gasteiger charge is -2.39. The van der Waals surface area contributed by atoms with Crippen LogP contribution in [0.15, 0.2) is 12.4 Å². The molecule has 0 aliphatic carbocycles. The summed E-state index contributed by atoms with van der Waals surface area (Å²) in [7, 11) is 0. The van der Waals surface area contributed by atoms with Gasteiger partial charge in [-0.05, 0) is 25.3 Å². The summed E-state index contributed by atoms with van der Waals surface area (Å²) in [6.07, 6.45) is 6.44. The molecule has 1 aliphatic heterocycles. The van der Waals surface area contributed by atoms with Crippen LogP contribution in [0.25, 0.3) is 0 Å². The molecular formula is C13H24N4O. The first-order valence-electron chi connectivity index (χ1n) is 6.81. The van der Waals surface area contributed by atoms with E-state index >= 15 is 0 Å². The van der Waals surface area contributed by atoms with Gasteiger partial charge in [0, 0.05) is 30.9 Å². The summed E-state index contributed by atoms with van der Waals surface area (Å²) in [5, 5.41) is 13.1. The van der Waals surface area contributed by atoms with Gasteiger partial charge in [0.25, 0.3) is 0 Å². The summed E-state index contributed by atoms with van der Waals surface area (Å²) in [4.78, 5) is 2.47. The molecule has 2 atom stereocenters. The quantitative estimate of drug-likeness (QED) is 0.798. The molecule has 2 rings (SSSR count). The molecule has 5 heteroatoms. The first kappa shape index (κ1) is 13.5. The number of hydrogen-bond donors (Lipinski definition) is 2. The van der Waals surface area contributed by atoms with E-state index in [-0.39, 0.29) is 6.61 Å². The summed E-state index contributed by atoms with van der Waals surface area (Å²) in [6.45, 7) is 5.75. The third-order valence-electron chi connectivity index (χ3n) is 3.87. The molecule has 102 valence electrons. The van der Waals surface area contributed by atoms with E-state index in [1.165, 1.54) is 18.4 Å². The van der Waals surface area contributed by atoms with Crippen molar-refractivity contribution in [1.82, 2.24) is 14.7 Å². The number of aliphatic hydroxyl groups is 1. The minimum atomic E-state index is 0.132. The second-order valence-electron chi connectivity index (χ2n) is 5.23. The second-order valence-corrected chi connectivity index (χ2v) is 5.23. The van der Waals surface area contributed by atoms with E-state index in [2.05, 4.69) is 16.9 Å². The van der Waals surface area contributed by atoms with Crippen molar-refractivity contribution in [2.24, 2.45) is 11.7 Å². The molecule has 18 heavy (non-hydrogen) atoms. The molecule has 0 radical (unpaired) electrons. The van der Waals surface area contributed by atoms with Gasteiger partial charge in [-0.15, -0.1) is 0 Å². The van der Waals surface area contributed by atoms with Crippen LogP contribution >= 0.6 is 0 Å². The van der Waals surface area contributed by atoms with Crippen LogP contribution in [0, 0.1) is 5.92 Å². The molecular weight excluding hydrogens is 228 g/mol. The van der Waals surface area contributed by atoms with Crippen molar-refractivity contribution in [2.45, 2.75) is 38.9 Å². The Balaban J connectivity index is 1.97. The van der Waals surface area contributed by atoms with Gasteiger partial charge in [-0.1, -0.05) is 6.92 Å². The normalized spacial score (nSPS) is 25.5. The summed E-state index contributed by atoms with van der Waals surface area (Å²) < 4.78 is 1.79. The maximum atomic E-state index is 8.88. The monoisotopic (exact) mass is 252 g/mol. The SMILES string of the molecule is CC1CCCN(Cc2cnn(CCO)c2)C1CN. The van der Waals surface area contributed by atoms with Gasteiger partial charge in [-0.3, -0.25) is 9.58 Å². The van der Waals surface area contributed by atoms with Gasteiger partial charge in [0.2, 0.25) is 0 Å². The highest BCUT2D eigenvalue weighted by atomic mass is 16.3. The molecule has 5 nitrogen and oxygen atoms in total. The van der Waals surface area contributed by atoms with Gasteiger partial charge < -0.3 is 10.8 Å². The zero-order valence-electron chi connectivity index (χ0n) is 11.1. The summed E-state index contributed by atoms with van der Waals surface area (Å²) >= 11 is 0. The van der Waals surface area contributed by atoms with Crippen LogP contribution in [0.4, 0.5) is 0 Å². The Morgan fingerprint density at radius 2 is 2.39 bits per heavy atom. The van der Waals surface area contributed by atoms with Crippen LogP contribution in [-0.4, -0.2) is 45.5 Å². The van der Waals surface area contributed by atoms with Crippen molar-refractivity contribution in [3.8, 4) is 0 Å². The summed E-state index contributed by atoms with van der Waals surface area (Å²) in [6, 6.07) is 0.486. The number of aromatic nitrogens is 2. The third-order valence-corrected chi connectivity index (χ3v) is 3.87. The van der Waals surface area contributed by atoms with E-state index in [0.29, 0.717) is 18.5 Å². The summed E-state index contributed by atoms with van der Waals surface area (Å²) in [5.41, 5.74) is 7.10. The summed E-state index contributed by atoms with van der Waals surface area (Å²) in [5.74, 6) is 0.677. The first-order chi connectivity index (χ1) is 8.74. The first-order valence-corrected chi connectivity index (χ1v) is 6.81. The molecule has 0 amide bonds. The molecule has 0 spiro atoms. The fourth-order valence-corrected chi connectivity index (χ4v) is 2.86.